The second-order valence-electron chi connectivity index (χ2n) is 6.49. The highest BCUT2D eigenvalue weighted by Crippen LogP contribution is 2.25. The van der Waals surface area contributed by atoms with Gasteiger partial charge in [0.1, 0.15) is 11.8 Å². The predicted octanol–water partition coefficient (Wildman–Crippen LogP) is 3.16. The number of piperidine rings is 1. The van der Waals surface area contributed by atoms with Gasteiger partial charge in [0.15, 0.2) is 5.82 Å². The number of hydrogen-bond donors (Lipinski definition) is 2. The maximum absolute atomic E-state index is 6.02. The molecule has 2 aromatic heterocycles. The topological polar surface area (TPSA) is 71.5 Å². The third-order valence-corrected chi connectivity index (χ3v) is 5.20. The van der Waals surface area contributed by atoms with E-state index in [0.29, 0.717) is 6.04 Å². The fraction of sp³-hybridized carbons (Fsp3) is 0.333. The van der Waals surface area contributed by atoms with E-state index < -0.39 is 0 Å². The first-order valence-electron chi connectivity index (χ1n) is 8.51. The van der Waals surface area contributed by atoms with E-state index in [1.807, 2.05) is 35.0 Å². The van der Waals surface area contributed by atoms with Crippen LogP contribution >= 0.6 is 15.9 Å². The van der Waals surface area contributed by atoms with E-state index in [9.17, 15) is 0 Å². The van der Waals surface area contributed by atoms with Crippen molar-refractivity contribution in [2.45, 2.75) is 25.4 Å². The molecule has 1 saturated heterocycles. The average Bonchev–Trinajstić information content (AvgIpc) is 3.03. The number of nitrogens with two attached hydrogens (primary N) is 1. The minimum atomic E-state index is 0.347. The molecule has 1 aliphatic rings. The first kappa shape index (κ1) is 16.5. The van der Waals surface area contributed by atoms with E-state index in [2.05, 4.69) is 42.3 Å². The standard InChI is InChI=1S/C18H21BrN6/c19-14-1-3-16(4-2-14)23-18-17-13(5-10-25(17)22-12-21-18)11-24-8-6-15(20)7-9-24/h1-5,10,12,15H,6-9,11,20H2,(H,21,22,23). The van der Waals surface area contributed by atoms with Crippen LogP contribution in [-0.4, -0.2) is 38.6 Å². The Morgan fingerprint density at radius 1 is 1.16 bits per heavy atom. The minimum absolute atomic E-state index is 0.347. The van der Waals surface area contributed by atoms with Crippen LogP contribution in [0.25, 0.3) is 5.52 Å². The molecule has 3 aromatic rings. The number of hydrogen-bond acceptors (Lipinski definition) is 5. The number of anilines is 2. The van der Waals surface area contributed by atoms with Gasteiger partial charge in [-0.05, 0) is 61.8 Å². The van der Waals surface area contributed by atoms with Gasteiger partial charge in [-0.15, -0.1) is 0 Å². The number of likely N-dealkylation sites (tertiary alicyclic amines) is 1. The third-order valence-electron chi connectivity index (χ3n) is 4.67. The van der Waals surface area contributed by atoms with Crippen LogP contribution in [0.5, 0.6) is 0 Å². The summed E-state index contributed by atoms with van der Waals surface area (Å²) in [6.45, 7) is 2.98. The molecule has 7 heteroatoms. The van der Waals surface area contributed by atoms with Gasteiger partial charge < -0.3 is 11.1 Å². The molecule has 0 aliphatic carbocycles. The molecule has 0 amide bonds. The van der Waals surface area contributed by atoms with Crippen LogP contribution in [-0.2, 0) is 6.54 Å². The summed E-state index contributed by atoms with van der Waals surface area (Å²) in [5.41, 5.74) is 9.28. The Hall–Kier alpha value is -1.96. The summed E-state index contributed by atoms with van der Waals surface area (Å²) in [7, 11) is 0. The zero-order valence-electron chi connectivity index (χ0n) is 13.9. The van der Waals surface area contributed by atoms with E-state index in [-0.39, 0.29) is 0 Å². The lowest BCUT2D eigenvalue weighted by Gasteiger charge is -2.29. The molecule has 0 bridgehead atoms. The molecule has 1 aromatic carbocycles. The minimum Gasteiger partial charge on any atom is -0.338 e. The predicted molar refractivity (Wildman–Crippen MR) is 103 cm³/mol. The second kappa shape index (κ2) is 7.11. The lowest BCUT2D eigenvalue weighted by atomic mass is 10.1. The SMILES string of the molecule is NC1CCN(Cc2ccn3ncnc(Nc4ccc(Br)cc4)c23)CC1. The number of nitrogens with zero attached hydrogens (tertiary/aromatic N) is 4. The van der Waals surface area contributed by atoms with E-state index in [0.717, 1.165) is 54.0 Å². The van der Waals surface area contributed by atoms with Crippen molar-refractivity contribution in [3.05, 3.63) is 52.9 Å². The molecule has 3 heterocycles. The highest BCUT2D eigenvalue weighted by atomic mass is 79.9. The molecule has 0 saturated carbocycles. The molecule has 0 radical (unpaired) electrons. The van der Waals surface area contributed by atoms with Crippen LogP contribution in [0.1, 0.15) is 18.4 Å². The number of rotatable bonds is 4. The lowest BCUT2D eigenvalue weighted by molar-refractivity contribution is 0.206. The van der Waals surface area contributed by atoms with Crippen molar-refractivity contribution < 1.29 is 0 Å². The molecular formula is C18H21BrN6. The zero-order chi connectivity index (χ0) is 17.2. The van der Waals surface area contributed by atoms with Gasteiger partial charge in [0.25, 0.3) is 0 Å². The van der Waals surface area contributed by atoms with Crippen LogP contribution in [0.3, 0.4) is 0 Å². The molecule has 6 nitrogen and oxygen atoms in total. The smallest absolute Gasteiger partial charge is 0.158 e. The highest BCUT2D eigenvalue weighted by Gasteiger charge is 2.18. The van der Waals surface area contributed by atoms with Gasteiger partial charge in [0.05, 0.1) is 0 Å². The van der Waals surface area contributed by atoms with Gasteiger partial charge in [-0.25, -0.2) is 9.50 Å². The van der Waals surface area contributed by atoms with Gasteiger partial charge in [0.2, 0.25) is 0 Å². The monoisotopic (exact) mass is 400 g/mol. The van der Waals surface area contributed by atoms with Gasteiger partial charge in [-0.3, -0.25) is 4.90 Å². The third kappa shape index (κ3) is 3.68. The first-order chi connectivity index (χ1) is 12.2. The van der Waals surface area contributed by atoms with Gasteiger partial charge >= 0.3 is 0 Å². The Bertz CT molecular complexity index is 852. The van der Waals surface area contributed by atoms with E-state index in [1.165, 1.54) is 5.56 Å². The van der Waals surface area contributed by atoms with Crippen LogP contribution in [0.4, 0.5) is 11.5 Å². The normalized spacial score (nSPS) is 16.4. The summed E-state index contributed by atoms with van der Waals surface area (Å²) in [6, 6.07) is 10.5. The van der Waals surface area contributed by atoms with Crippen molar-refractivity contribution in [2.75, 3.05) is 18.4 Å². The summed E-state index contributed by atoms with van der Waals surface area (Å²) >= 11 is 3.46. The average molecular weight is 401 g/mol. The molecule has 0 spiro atoms. The maximum atomic E-state index is 6.02. The zero-order valence-corrected chi connectivity index (χ0v) is 15.5. The second-order valence-corrected chi connectivity index (χ2v) is 7.40. The summed E-state index contributed by atoms with van der Waals surface area (Å²) in [4.78, 5) is 6.92. The Morgan fingerprint density at radius 3 is 2.68 bits per heavy atom. The van der Waals surface area contributed by atoms with E-state index in [4.69, 9.17) is 5.73 Å². The highest BCUT2D eigenvalue weighted by molar-refractivity contribution is 9.10. The fourth-order valence-corrected chi connectivity index (χ4v) is 3.52. The molecular weight excluding hydrogens is 380 g/mol. The largest absolute Gasteiger partial charge is 0.338 e. The summed E-state index contributed by atoms with van der Waals surface area (Å²) in [6.07, 6.45) is 5.70. The number of benzene rings is 1. The molecule has 0 unspecified atom stereocenters. The summed E-state index contributed by atoms with van der Waals surface area (Å²) in [5, 5.41) is 7.76. The number of fused-ring (bicyclic) bond motifs is 1. The van der Waals surface area contributed by atoms with Crippen molar-refractivity contribution in [2.24, 2.45) is 5.73 Å². The van der Waals surface area contributed by atoms with E-state index >= 15 is 0 Å². The fourth-order valence-electron chi connectivity index (χ4n) is 3.26. The molecule has 3 N–H and O–H groups in total. The Labute approximate surface area is 155 Å². The number of halogens is 1. The van der Waals surface area contributed by atoms with Crippen LogP contribution in [0, 0.1) is 0 Å². The molecule has 1 aliphatic heterocycles. The maximum Gasteiger partial charge on any atom is 0.158 e. The van der Waals surface area contributed by atoms with Gasteiger partial charge in [0, 0.05) is 28.9 Å². The molecule has 25 heavy (non-hydrogen) atoms. The van der Waals surface area contributed by atoms with Gasteiger partial charge in [-0.1, -0.05) is 15.9 Å². The number of nitrogens with one attached hydrogen (secondary N) is 1. The van der Waals surface area contributed by atoms with Crippen molar-refractivity contribution >= 4 is 33.0 Å². The van der Waals surface area contributed by atoms with Crippen LogP contribution in [0.2, 0.25) is 0 Å². The molecule has 1 fully saturated rings. The summed E-state index contributed by atoms with van der Waals surface area (Å²) in [5.74, 6) is 0.825. The Kier molecular flexibility index (Phi) is 4.70. The summed E-state index contributed by atoms with van der Waals surface area (Å²) < 4.78 is 2.94. The van der Waals surface area contributed by atoms with Crippen molar-refractivity contribution in [1.29, 1.82) is 0 Å². The quantitative estimate of drug-likeness (QED) is 0.703. The molecule has 130 valence electrons. The van der Waals surface area contributed by atoms with Gasteiger partial charge in [-0.2, -0.15) is 5.10 Å². The Morgan fingerprint density at radius 2 is 1.92 bits per heavy atom. The molecule has 4 rings (SSSR count). The Balaban J connectivity index is 1.61. The van der Waals surface area contributed by atoms with Crippen LogP contribution in [0.15, 0.2) is 47.3 Å². The lowest BCUT2D eigenvalue weighted by Crippen LogP contribution is -2.39. The van der Waals surface area contributed by atoms with E-state index in [1.54, 1.807) is 6.33 Å². The number of aromatic nitrogens is 3. The first-order valence-corrected chi connectivity index (χ1v) is 9.30. The van der Waals surface area contributed by atoms with Crippen molar-refractivity contribution in [3.63, 3.8) is 0 Å². The van der Waals surface area contributed by atoms with Crippen molar-refractivity contribution in [3.8, 4) is 0 Å². The van der Waals surface area contributed by atoms with Crippen LogP contribution < -0.4 is 11.1 Å². The van der Waals surface area contributed by atoms with Crippen molar-refractivity contribution in [1.82, 2.24) is 19.5 Å². The molecule has 0 atom stereocenters.